The smallest absolute Gasteiger partial charge is 0.348 e. The van der Waals surface area contributed by atoms with Gasteiger partial charge in [-0.3, -0.25) is 0 Å². The molecule has 1 unspecified atom stereocenters. The van der Waals surface area contributed by atoms with Crippen molar-refractivity contribution in [2.75, 3.05) is 25.1 Å². The highest BCUT2D eigenvalue weighted by Gasteiger charge is 2.22. The second-order valence-corrected chi connectivity index (χ2v) is 7.92. The van der Waals surface area contributed by atoms with Crippen LogP contribution in [0, 0.1) is 12.7 Å². The fourth-order valence-corrected chi connectivity index (χ4v) is 4.21. The third-order valence-corrected chi connectivity index (χ3v) is 5.86. The van der Waals surface area contributed by atoms with Gasteiger partial charge in [-0.2, -0.15) is 0 Å². The molecule has 1 atom stereocenters. The van der Waals surface area contributed by atoms with Crippen LogP contribution in [0.5, 0.6) is 0 Å². The number of nitrogens with zero attached hydrogens (tertiary/aromatic N) is 1. The number of benzene rings is 2. The predicted octanol–water partition coefficient (Wildman–Crippen LogP) is 5.77. The number of carboxylic acid groups (broad SMARTS) is 1. The van der Waals surface area contributed by atoms with Crippen molar-refractivity contribution in [3.63, 3.8) is 0 Å². The highest BCUT2D eigenvalue weighted by Crippen LogP contribution is 2.37. The first-order valence-corrected chi connectivity index (χ1v) is 10.2. The number of anilines is 1. The molecule has 2 aromatic carbocycles. The van der Waals surface area contributed by atoms with Gasteiger partial charge in [0.25, 0.3) is 0 Å². The van der Waals surface area contributed by atoms with E-state index in [0.29, 0.717) is 18.8 Å². The second kappa shape index (κ2) is 9.20. The number of aromatic carboxylic acids is 1. The lowest BCUT2D eigenvalue weighted by atomic mass is 10.1. The molecule has 1 N–H and O–H groups in total. The molecule has 0 aliphatic heterocycles. The molecule has 4 nitrogen and oxygen atoms in total. The third kappa shape index (κ3) is 5.02. The zero-order chi connectivity index (χ0) is 21.0. The Hall–Kier alpha value is -2.70. The summed E-state index contributed by atoms with van der Waals surface area (Å²) in [5.41, 5.74) is 3.64. The van der Waals surface area contributed by atoms with Gasteiger partial charge in [-0.1, -0.05) is 42.0 Å². The van der Waals surface area contributed by atoms with E-state index in [1.54, 1.807) is 12.1 Å². The number of carboxylic acids is 1. The van der Waals surface area contributed by atoms with E-state index in [2.05, 4.69) is 0 Å². The molecule has 0 fully saturated rings. The molecule has 0 saturated carbocycles. The molecule has 29 heavy (non-hydrogen) atoms. The maximum Gasteiger partial charge on any atom is 0.348 e. The van der Waals surface area contributed by atoms with E-state index in [1.807, 2.05) is 56.1 Å². The minimum atomic E-state index is -0.978. The molecule has 0 amide bonds. The van der Waals surface area contributed by atoms with E-state index < -0.39 is 5.97 Å². The highest BCUT2D eigenvalue weighted by molar-refractivity contribution is 7.18. The van der Waals surface area contributed by atoms with Gasteiger partial charge in [-0.05, 0) is 43.2 Å². The van der Waals surface area contributed by atoms with E-state index >= 15 is 0 Å². The Bertz CT molecular complexity index is 967. The van der Waals surface area contributed by atoms with Gasteiger partial charge >= 0.3 is 5.97 Å². The van der Waals surface area contributed by atoms with Gasteiger partial charge in [-0.15, -0.1) is 11.3 Å². The fourth-order valence-electron chi connectivity index (χ4n) is 3.16. The average Bonchev–Trinajstić information content (AvgIpc) is 3.15. The first kappa shape index (κ1) is 21.0. The maximum atomic E-state index is 13.2. The lowest BCUT2D eigenvalue weighted by molar-refractivity contribution is 0.0671. The number of rotatable bonds is 8. The molecule has 3 rings (SSSR count). The van der Waals surface area contributed by atoms with E-state index in [1.165, 1.54) is 29.0 Å². The van der Waals surface area contributed by atoms with Gasteiger partial charge in [0.05, 0.1) is 11.8 Å². The summed E-state index contributed by atoms with van der Waals surface area (Å²) in [6, 6.07) is 16.1. The Morgan fingerprint density at radius 1 is 1.17 bits per heavy atom. The van der Waals surface area contributed by atoms with Crippen LogP contribution in [0.3, 0.4) is 0 Å². The Kier molecular flexibility index (Phi) is 6.67. The second-order valence-electron chi connectivity index (χ2n) is 6.87. The summed E-state index contributed by atoms with van der Waals surface area (Å²) in [5.74, 6) is -1.30. The van der Waals surface area contributed by atoms with Gasteiger partial charge in [-0.25, -0.2) is 9.18 Å². The minimum absolute atomic E-state index is 0.179. The average molecular weight is 414 g/mol. The molecular formula is C23H24FNO3S. The molecule has 3 aromatic rings. The molecule has 152 valence electrons. The number of ether oxygens (including phenoxy) is 1. The van der Waals surface area contributed by atoms with Crippen molar-refractivity contribution in [2.45, 2.75) is 20.0 Å². The minimum Gasteiger partial charge on any atom is -0.477 e. The zero-order valence-electron chi connectivity index (χ0n) is 16.7. The molecule has 0 radical (unpaired) electrons. The van der Waals surface area contributed by atoms with Crippen molar-refractivity contribution in [2.24, 2.45) is 0 Å². The summed E-state index contributed by atoms with van der Waals surface area (Å²) in [4.78, 5) is 14.8. The molecule has 6 heteroatoms. The Labute approximate surface area is 174 Å². The van der Waals surface area contributed by atoms with E-state index in [-0.39, 0.29) is 16.8 Å². The van der Waals surface area contributed by atoms with Gasteiger partial charge in [0.2, 0.25) is 0 Å². The van der Waals surface area contributed by atoms with Crippen LogP contribution in [0.1, 0.15) is 33.8 Å². The van der Waals surface area contributed by atoms with E-state index in [4.69, 9.17) is 4.74 Å². The summed E-state index contributed by atoms with van der Waals surface area (Å²) >= 11 is 1.19. The maximum absolute atomic E-state index is 13.2. The first-order chi connectivity index (χ1) is 13.9. The topological polar surface area (TPSA) is 49.8 Å². The number of carbonyl (C=O) groups is 1. The van der Waals surface area contributed by atoms with Crippen molar-refractivity contribution in [1.29, 1.82) is 0 Å². The number of hydrogen-bond acceptors (Lipinski definition) is 4. The van der Waals surface area contributed by atoms with Crippen LogP contribution >= 0.6 is 11.3 Å². The lowest BCUT2D eigenvalue weighted by Crippen LogP contribution is -2.26. The van der Waals surface area contributed by atoms with Crippen molar-refractivity contribution in [3.8, 4) is 10.4 Å². The van der Waals surface area contributed by atoms with Crippen molar-refractivity contribution < 1.29 is 19.0 Å². The summed E-state index contributed by atoms with van der Waals surface area (Å²) < 4.78 is 19.2. The molecule has 1 heterocycles. The van der Waals surface area contributed by atoms with E-state index in [0.717, 1.165) is 16.0 Å². The number of aryl methyl sites for hydroxylation is 1. The summed E-state index contributed by atoms with van der Waals surface area (Å²) in [5, 5.41) is 9.70. The monoisotopic (exact) mass is 413 g/mol. The quantitative estimate of drug-likeness (QED) is 0.509. The standard InChI is InChI=1S/C23H24FNO3S/c1-4-28-20(16-7-5-15(2)6-8-16)14-25(3)19-13-21(29-22(19)23(26)27)17-9-11-18(24)12-10-17/h5-13,20H,4,14H2,1-3H3,(H,26,27). The third-order valence-electron chi connectivity index (χ3n) is 4.70. The SMILES string of the molecule is CCOC(CN(C)c1cc(-c2ccc(F)cc2)sc1C(=O)O)c1ccc(C)cc1. The lowest BCUT2D eigenvalue weighted by Gasteiger charge is -2.26. The van der Waals surface area contributed by atoms with Crippen LogP contribution in [-0.2, 0) is 4.74 Å². The van der Waals surface area contributed by atoms with Crippen LogP contribution in [0.15, 0.2) is 54.6 Å². The molecule has 0 aliphatic rings. The summed E-state index contributed by atoms with van der Waals surface area (Å²) in [7, 11) is 1.86. The highest BCUT2D eigenvalue weighted by atomic mass is 32.1. The normalized spacial score (nSPS) is 12.0. The summed E-state index contributed by atoms with van der Waals surface area (Å²) in [6.07, 6.45) is -0.179. The number of halogens is 1. The van der Waals surface area contributed by atoms with Gasteiger partial charge < -0.3 is 14.7 Å². The number of hydrogen-bond donors (Lipinski definition) is 1. The van der Waals surface area contributed by atoms with Crippen molar-refractivity contribution in [3.05, 3.63) is 76.4 Å². The molecule has 0 saturated heterocycles. The van der Waals surface area contributed by atoms with Crippen LogP contribution in [0.4, 0.5) is 10.1 Å². The fraction of sp³-hybridized carbons (Fsp3) is 0.261. The van der Waals surface area contributed by atoms with Crippen LogP contribution < -0.4 is 4.90 Å². The van der Waals surface area contributed by atoms with Crippen LogP contribution in [-0.4, -0.2) is 31.3 Å². The molecule has 0 bridgehead atoms. The van der Waals surface area contributed by atoms with E-state index in [9.17, 15) is 14.3 Å². The zero-order valence-corrected chi connectivity index (χ0v) is 17.5. The molecular weight excluding hydrogens is 389 g/mol. The Balaban J connectivity index is 1.90. The van der Waals surface area contributed by atoms with Gasteiger partial charge in [0.1, 0.15) is 10.7 Å². The van der Waals surface area contributed by atoms with Crippen LogP contribution in [0.2, 0.25) is 0 Å². The number of likely N-dealkylation sites (N-methyl/N-ethyl adjacent to an activating group) is 1. The van der Waals surface area contributed by atoms with Gasteiger partial charge in [0, 0.05) is 25.1 Å². The molecule has 0 aliphatic carbocycles. The van der Waals surface area contributed by atoms with Gasteiger partial charge in [0.15, 0.2) is 0 Å². The van der Waals surface area contributed by atoms with Crippen molar-refractivity contribution >= 4 is 23.0 Å². The predicted molar refractivity (Wildman–Crippen MR) is 115 cm³/mol. The van der Waals surface area contributed by atoms with Crippen LogP contribution in [0.25, 0.3) is 10.4 Å². The first-order valence-electron chi connectivity index (χ1n) is 9.41. The summed E-state index contributed by atoms with van der Waals surface area (Å²) in [6.45, 7) is 5.05. The molecule has 0 spiro atoms. The van der Waals surface area contributed by atoms with Crippen molar-refractivity contribution in [1.82, 2.24) is 0 Å². The molecule has 1 aromatic heterocycles. The largest absolute Gasteiger partial charge is 0.477 e. The Morgan fingerprint density at radius 3 is 2.41 bits per heavy atom. The Morgan fingerprint density at radius 2 is 1.83 bits per heavy atom. The number of thiophene rings is 1.